The van der Waals surface area contributed by atoms with Gasteiger partial charge in [0.2, 0.25) is 0 Å². The highest BCUT2D eigenvalue weighted by atomic mass is 32.1. The third-order valence-corrected chi connectivity index (χ3v) is 5.87. The summed E-state index contributed by atoms with van der Waals surface area (Å²) in [5, 5.41) is 2.47. The fourth-order valence-corrected chi connectivity index (χ4v) is 4.10. The fraction of sp³-hybridized carbons (Fsp3) is 0.455. The Morgan fingerprint density at radius 2 is 1.96 bits per heavy atom. The Morgan fingerprint density at radius 1 is 1.18 bits per heavy atom. The number of thiazole rings is 1. The summed E-state index contributed by atoms with van der Waals surface area (Å²) in [6, 6.07) is 5.75. The van der Waals surface area contributed by atoms with Crippen molar-refractivity contribution in [3.8, 4) is 0 Å². The van der Waals surface area contributed by atoms with Crippen LogP contribution in [0.3, 0.4) is 0 Å². The van der Waals surface area contributed by atoms with Gasteiger partial charge in [-0.05, 0) is 38.3 Å². The maximum absolute atomic E-state index is 12.7. The van der Waals surface area contributed by atoms with Crippen LogP contribution in [0.1, 0.15) is 58.4 Å². The molecule has 6 heteroatoms. The molecule has 0 radical (unpaired) electrons. The zero-order chi connectivity index (χ0) is 20.1. The molecule has 0 atom stereocenters. The van der Waals surface area contributed by atoms with Crippen LogP contribution in [0.4, 0.5) is 0 Å². The van der Waals surface area contributed by atoms with E-state index in [0.717, 1.165) is 30.4 Å². The van der Waals surface area contributed by atoms with Crippen LogP contribution >= 0.6 is 11.3 Å². The number of esters is 1. The lowest BCUT2D eigenvalue weighted by atomic mass is 9.78. The molecule has 0 N–H and O–H groups in total. The molecule has 0 unspecified atom stereocenters. The topological polar surface area (TPSA) is 73.3 Å². The smallest absolute Gasteiger partial charge is 0.311 e. The number of hydrogen-bond donors (Lipinski definition) is 0. The molecule has 3 rings (SSSR count). The van der Waals surface area contributed by atoms with Crippen molar-refractivity contribution in [3.05, 3.63) is 51.0 Å². The second kappa shape index (κ2) is 9.24. The van der Waals surface area contributed by atoms with Gasteiger partial charge in [0, 0.05) is 23.3 Å². The van der Waals surface area contributed by atoms with Crippen molar-refractivity contribution in [3.63, 3.8) is 0 Å². The van der Waals surface area contributed by atoms with Crippen molar-refractivity contribution >= 4 is 28.9 Å². The third kappa shape index (κ3) is 5.13. The van der Waals surface area contributed by atoms with Gasteiger partial charge >= 0.3 is 5.97 Å². The number of Topliss-reactive ketones (excluding diaryl/α,β-unsaturated/α-hetero) is 2. The monoisotopic (exact) mass is 399 g/mol. The van der Waals surface area contributed by atoms with Gasteiger partial charge in [-0.3, -0.25) is 14.4 Å². The second-order valence-corrected chi connectivity index (χ2v) is 8.20. The molecule has 28 heavy (non-hydrogen) atoms. The first-order valence-electron chi connectivity index (χ1n) is 9.70. The maximum Gasteiger partial charge on any atom is 0.311 e. The van der Waals surface area contributed by atoms with Crippen LogP contribution in [-0.4, -0.2) is 29.1 Å². The van der Waals surface area contributed by atoms with Crippen molar-refractivity contribution in [1.29, 1.82) is 0 Å². The van der Waals surface area contributed by atoms with Gasteiger partial charge in [0.05, 0.1) is 25.1 Å². The Kier molecular flexibility index (Phi) is 6.73. The highest BCUT2D eigenvalue weighted by Gasteiger charge is 2.28. The van der Waals surface area contributed by atoms with E-state index in [-0.39, 0.29) is 42.7 Å². The SMILES string of the molecule is CCOC(=O)Cc1csc(CC(=O)Cc2ccc(C)cc2C(=O)C2CCC2)n1. The normalized spacial score (nSPS) is 13.8. The van der Waals surface area contributed by atoms with Gasteiger partial charge in [-0.2, -0.15) is 0 Å². The summed E-state index contributed by atoms with van der Waals surface area (Å²) in [5.41, 5.74) is 3.15. The molecule has 1 aliphatic rings. The molecule has 2 aromatic rings. The molecule has 1 aromatic carbocycles. The minimum atomic E-state index is -0.315. The van der Waals surface area contributed by atoms with Gasteiger partial charge in [-0.25, -0.2) is 4.98 Å². The van der Waals surface area contributed by atoms with Crippen LogP contribution in [0.2, 0.25) is 0 Å². The lowest BCUT2D eigenvalue weighted by Gasteiger charge is -2.25. The molecule has 1 heterocycles. The molecule has 0 spiro atoms. The highest BCUT2D eigenvalue weighted by Crippen LogP contribution is 2.31. The molecule has 0 saturated heterocycles. The molecular weight excluding hydrogens is 374 g/mol. The Bertz CT molecular complexity index is 882. The lowest BCUT2D eigenvalue weighted by molar-refractivity contribution is -0.142. The second-order valence-electron chi connectivity index (χ2n) is 7.26. The predicted molar refractivity (Wildman–Crippen MR) is 108 cm³/mol. The number of ether oxygens (including phenoxy) is 1. The summed E-state index contributed by atoms with van der Waals surface area (Å²) in [6.07, 6.45) is 3.55. The number of nitrogens with zero attached hydrogens (tertiary/aromatic N) is 1. The van der Waals surface area contributed by atoms with E-state index in [1.807, 2.05) is 25.1 Å². The van der Waals surface area contributed by atoms with Crippen molar-refractivity contribution in [2.75, 3.05) is 6.61 Å². The van der Waals surface area contributed by atoms with Crippen molar-refractivity contribution in [2.45, 2.75) is 52.4 Å². The Balaban J connectivity index is 1.64. The van der Waals surface area contributed by atoms with E-state index in [4.69, 9.17) is 4.74 Å². The zero-order valence-corrected chi connectivity index (χ0v) is 17.1. The summed E-state index contributed by atoms with van der Waals surface area (Å²) in [7, 11) is 0. The molecule has 1 aliphatic carbocycles. The van der Waals surface area contributed by atoms with E-state index in [1.54, 1.807) is 12.3 Å². The molecule has 1 aromatic heterocycles. The summed E-state index contributed by atoms with van der Waals surface area (Å²) in [6.45, 7) is 4.06. The lowest BCUT2D eigenvalue weighted by Crippen LogP contribution is -2.23. The first-order valence-corrected chi connectivity index (χ1v) is 10.6. The number of hydrogen-bond acceptors (Lipinski definition) is 6. The van der Waals surface area contributed by atoms with Gasteiger partial charge in [0.15, 0.2) is 5.78 Å². The van der Waals surface area contributed by atoms with E-state index in [0.29, 0.717) is 22.9 Å². The summed E-state index contributed by atoms with van der Waals surface area (Å²) in [4.78, 5) is 41.2. The Morgan fingerprint density at radius 3 is 2.64 bits per heavy atom. The standard InChI is InChI=1S/C22H25NO4S/c1-3-27-21(25)11-17-13-28-20(23-17)12-18(24)10-16-8-7-14(2)9-19(16)22(26)15-5-4-6-15/h7-9,13,15H,3-6,10-12H2,1-2H3. The van der Waals surface area contributed by atoms with Gasteiger partial charge in [-0.1, -0.05) is 24.1 Å². The van der Waals surface area contributed by atoms with Crippen molar-refractivity contribution in [2.24, 2.45) is 5.92 Å². The van der Waals surface area contributed by atoms with Crippen LogP contribution in [0, 0.1) is 12.8 Å². The van der Waals surface area contributed by atoms with E-state index < -0.39 is 0 Å². The minimum absolute atomic E-state index is 0.0172. The first-order chi connectivity index (χ1) is 13.5. The molecule has 148 valence electrons. The number of carbonyl (C=O) groups excluding carboxylic acids is 3. The number of aryl methyl sites for hydroxylation is 1. The third-order valence-electron chi connectivity index (χ3n) is 4.97. The highest BCUT2D eigenvalue weighted by molar-refractivity contribution is 7.09. The average molecular weight is 400 g/mol. The summed E-state index contributed by atoms with van der Waals surface area (Å²) in [5.74, 6) is -0.0169. The van der Waals surface area contributed by atoms with Crippen molar-refractivity contribution < 1.29 is 19.1 Å². The van der Waals surface area contributed by atoms with Crippen LogP contribution in [0.15, 0.2) is 23.6 Å². The number of benzene rings is 1. The van der Waals surface area contributed by atoms with Crippen LogP contribution in [-0.2, 0) is 33.6 Å². The molecule has 0 bridgehead atoms. The van der Waals surface area contributed by atoms with Gasteiger partial charge in [0.1, 0.15) is 10.8 Å². The molecule has 1 saturated carbocycles. The molecular formula is C22H25NO4S. The largest absolute Gasteiger partial charge is 0.466 e. The number of ketones is 2. The van der Waals surface area contributed by atoms with Crippen LogP contribution < -0.4 is 0 Å². The first kappa shape index (κ1) is 20.4. The summed E-state index contributed by atoms with van der Waals surface area (Å²) >= 11 is 1.37. The van der Waals surface area contributed by atoms with E-state index in [9.17, 15) is 14.4 Å². The fourth-order valence-electron chi connectivity index (χ4n) is 3.28. The molecule has 5 nitrogen and oxygen atoms in total. The minimum Gasteiger partial charge on any atom is -0.466 e. The van der Waals surface area contributed by atoms with E-state index in [2.05, 4.69) is 4.98 Å². The Labute approximate surface area is 169 Å². The zero-order valence-electron chi connectivity index (χ0n) is 16.3. The number of rotatable bonds is 9. The van der Waals surface area contributed by atoms with E-state index in [1.165, 1.54) is 11.3 Å². The molecule has 0 amide bonds. The van der Waals surface area contributed by atoms with Crippen LogP contribution in [0.5, 0.6) is 0 Å². The van der Waals surface area contributed by atoms with Gasteiger partial charge in [-0.15, -0.1) is 11.3 Å². The molecule has 0 aliphatic heterocycles. The van der Waals surface area contributed by atoms with Crippen molar-refractivity contribution in [1.82, 2.24) is 4.98 Å². The maximum atomic E-state index is 12.7. The number of aromatic nitrogens is 1. The average Bonchev–Trinajstić information content (AvgIpc) is 3.01. The van der Waals surface area contributed by atoms with Gasteiger partial charge < -0.3 is 4.74 Å². The predicted octanol–water partition coefficient (Wildman–Crippen LogP) is 3.89. The van der Waals surface area contributed by atoms with Gasteiger partial charge in [0.25, 0.3) is 0 Å². The van der Waals surface area contributed by atoms with Crippen LogP contribution in [0.25, 0.3) is 0 Å². The van der Waals surface area contributed by atoms with E-state index >= 15 is 0 Å². The quantitative estimate of drug-likeness (QED) is 0.472. The summed E-state index contributed by atoms with van der Waals surface area (Å²) < 4.78 is 4.92. The molecule has 1 fully saturated rings. The number of carbonyl (C=O) groups is 3. The Hall–Kier alpha value is -2.34.